The summed E-state index contributed by atoms with van der Waals surface area (Å²) in [5.41, 5.74) is 0. The molecule has 15 heavy (non-hydrogen) atoms. The number of hydrogen-bond donors (Lipinski definition) is 0. The maximum absolute atomic E-state index is 12.1. The Bertz CT molecular complexity index is 225. The minimum atomic E-state index is 0.172. The Kier molecular flexibility index (Phi) is 3.75. The Morgan fingerprint density at radius 1 is 1.47 bits per heavy atom. The molecule has 1 unspecified atom stereocenters. The van der Waals surface area contributed by atoms with Gasteiger partial charge in [-0.25, -0.2) is 4.79 Å². The van der Waals surface area contributed by atoms with Crippen molar-refractivity contribution in [2.45, 2.75) is 12.5 Å². The first-order chi connectivity index (χ1) is 7.29. The molecule has 0 aromatic carbocycles. The molecular weight excluding hydrogens is 212 g/mol. The van der Waals surface area contributed by atoms with Crippen LogP contribution < -0.4 is 0 Å². The van der Waals surface area contributed by atoms with E-state index in [1.54, 1.807) is 0 Å². The second-order valence-corrected chi connectivity index (χ2v) is 5.16. The van der Waals surface area contributed by atoms with E-state index in [0.717, 1.165) is 25.3 Å². The van der Waals surface area contributed by atoms with E-state index in [4.69, 9.17) is 4.74 Å². The fourth-order valence-corrected chi connectivity index (χ4v) is 3.23. The lowest BCUT2D eigenvalue weighted by Crippen LogP contribution is -2.50. The summed E-state index contributed by atoms with van der Waals surface area (Å²) in [5.74, 6) is 2.28. The first kappa shape index (κ1) is 11.1. The predicted octanol–water partition coefficient (Wildman–Crippen LogP) is 0.876. The zero-order valence-corrected chi connectivity index (χ0v) is 9.96. The van der Waals surface area contributed by atoms with Crippen molar-refractivity contribution in [3.05, 3.63) is 0 Å². The number of amides is 2. The van der Waals surface area contributed by atoms with Gasteiger partial charge >= 0.3 is 6.03 Å². The molecule has 0 aliphatic carbocycles. The minimum absolute atomic E-state index is 0.172. The van der Waals surface area contributed by atoms with Crippen LogP contribution in [0.15, 0.2) is 0 Å². The van der Waals surface area contributed by atoms with E-state index in [2.05, 4.69) is 0 Å². The van der Waals surface area contributed by atoms with Crippen molar-refractivity contribution in [2.24, 2.45) is 0 Å². The molecule has 2 saturated heterocycles. The van der Waals surface area contributed by atoms with E-state index >= 15 is 0 Å². The van der Waals surface area contributed by atoms with Crippen LogP contribution in [-0.4, -0.2) is 66.7 Å². The van der Waals surface area contributed by atoms with Gasteiger partial charge in [-0.3, -0.25) is 0 Å². The summed E-state index contributed by atoms with van der Waals surface area (Å²) in [5, 5.41) is 0. The third-order valence-corrected chi connectivity index (χ3v) is 4.18. The van der Waals surface area contributed by atoms with Crippen LogP contribution >= 0.6 is 11.8 Å². The lowest BCUT2D eigenvalue weighted by atomic mass is 10.2. The Balaban J connectivity index is 1.87. The van der Waals surface area contributed by atoms with Crippen LogP contribution in [0, 0.1) is 0 Å². The van der Waals surface area contributed by atoms with Crippen molar-refractivity contribution in [2.75, 3.05) is 44.9 Å². The van der Waals surface area contributed by atoms with Crippen LogP contribution in [0.5, 0.6) is 0 Å². The smallest absolute Gasteiger partial charge is 0.320 e. The predicted molar refractivity (Wildman–Crippen MR) is 61.3 cm³/mol. The number of nitrogens with zero attached hydrogens (tertiary/aromatic N) is 2. The molecule has 0 saturated carbocycles. The van der Waals surface area contributed by atoms with E-state index < -0.39 is 0 Å². The van der Waals surface area contributed by atoms with Crippen LogP contribution in [-0.2, 0) is 4.74 Å². The molecule has 0 spiro atoms. The fourth-order valence-electron chi connectivity index (χ4n) is 1.96. The van der Waals surface area contributed by atoms with Crippen LogP contribution in [0.3, 0.4) is 0 Å². The van der Waals surface area contributed by atoms with E-state index in [1.165, 1.54) is 5.75 Å². The summed E-state index contributed by atoms with van der Waals surface area (Å²) in [6.45, 7) is 2.84. The minimum Gasteiger partial charge on any atom is -0.378 e. The summed E-state index contributed by atoms with van der Waals surface area (Å²) < 4.78 is 5.24. The lowest BCUT2D eigenvalue weighted by molar-refractivity contribution is 0.0429. The van der Waals surface area contributed by atoms with Gasteiger partial charge in [-0.15, -0.1) is 0 Å². The number of rotatable bonds is 1. The average molecular weight is 230 g/mol. The van der Waals surface area contributed by atoms with Crippen molar-refractivity contribution >= 4 is 17.8 Å². The number of hydrogen-bond acceptors (Lipinski definition) is 3. The van der Waals surface area contributed by atoms with E-state index in [9.17, 15) is 4.79 Å². The van der Waals surface area contributed by atoms with Gasteiger partial charge in [0.25, 0.3) is 0 Å². The molecule has 2 rings (SSSR count). The van der Waals surface area contributed by atoms with E-state index in [0.29, 0.717) is 19.3 Å². The van der Waals surface area contributed by atoms with Crippen LogP contribution in [0.1, 0.15) is 6.42 Å². The topological polar surface area (TPSA) is 32.8 Å². The van der Waals surface area contributed by atoms with E-state index in [1.807, 2.05) is 28.6 Å². The highest BCUT2D eigenvalue weighted by atomic mass is 32.2. The van der Waals surface area contributed by atoms with Crippen molar-refractivity contribution in [1.82, 2.24) is 9.80 Å². The normalized spacial score (nSPS) is 26.7. The largest absolute Gasteiger partial charge is 0.378 e. The van der Waals surface area contributed by atoms with Gasteiger partial charge in [0.2, 0.25) is 0 Å². The van der Waals surface area contributed by atoms with Crippen LogP contribution in [0.2, 0.25) is 0 Å². The molecule has 86 valence electrons. The van der Waals surface area contributed by atoms with Crippen molar-refractivity contribution in [1.29, 1.82) is 0 Å². The standard InChI is InChI=1S/C10H18N2O2S/c1-11(9-2-7-15-8-9)10(13)12-3-5-14-6-4-12/h9H,2-8H2,1H3. The van der Waals surface area contributed by atoms with Gasteiger partial charge in [0.05, 0.1) is 13.2 Å². The quantitative estimate of drug-likeness (QED) is 0.670. The molecule has 2 aliphatic rings. The number of carbonyl (C=O) groups excluding carboxylic acids is 1. The van der Waals surface area contributed by atoms with Gasteiger partial charge in [0, 0.05) is 31.9 Å². The summed E-state index contributed by atoms with van der Waals surface area (Å²) in [6, 6.07) is 0.608. The second kappa shape index (κ2) is 5.07. The molecule has 2 amide bonds. The van der Waals surface area contributed by atoms with Gasteiger partial charge in [-0.1, -0.05) is 0 Å². The number of ether oxygens (including phenoxy) is 1. The molecule has 0 N–H and O–H groups in total. The molecule has 0 aromatic rings. The Labute approximate surface area is 94.9 Å². The second-order valence-electron chi connectivity index (χ2n) is 4.01. The molecule has 0 aromatic heterocycles. The molecule has 2 heterocycles. The highest BCUT2D eigenvalue weighted by Gasteiger charge is 2.27. The fraction of sp³-hybridized carbons (Fsp3) is 0.900. The van der Waals surface area contributed by atoms with Gasteiger partial charge < -0.3 is 14.5 Å². The van der Waals surface area contributed by atoms with Crippen molar-refractivity contribution in [3.8, 4) is 0 Å². The maximum atomic E-state index is 12.1. The molecule has 1 atom stereocenters. The Hall–Kier alpha value is -0.420. The first-order valence-corrected chi connectivity index (χ1v) is 6.62. The zero-order valence-electron chi connectivity index (χ0n) is 9.15. The molecule has 0 bridgehead atoms. The highest BCUT2D eigenvalue weighted by molar-refractivity contribution is 7.99. The molecule has 2 aliphatic heterocycles. The van der Waals surface area contributed by atoms with Gasteiger partial charge in [0.15, 0.2) is 0 Å². The highest BCUT2D eigenvalue weighted by Crippen LogP contribution is 2.22. The monoisotopic (exact) mass is 230 g/mol. The summed E-state index contributed by atoms with van der Waals surface area (Å²) >= 11 is 1.94. The Morgan fingerprint density at radius 3 is 2.80 bits per heavy atom. The third kappa shape index (κ3) is 2.58. The molecule has 0 radical (unpaired) electrons. The SMILES string of the molecule is CN(C(=O)N1CCOCC1)C1CCSC1. The van der Waals surface area contributed by atoms with Crippen LogP contribution in [0.4, 0.5) is 4.79 Å². The lowest BCUT2D eigenvalue weighted by Gasteiger charge is -2.33. The van der Waals surface area contributed by atoms with Gasteiger partial charge in [0.1, 0.15) is 0 Å². The zero-order chi connectivity index (χ0) is 10.7. The molecule has 2 fully saturated rings. The molecule has 4 nitrogen and oxygen atoms in total. The maximum Gasteiger partial charge on any atom is 0.320 e. The first-order valence-electron chi connectivity index (χ1n) is 5.46. The third-order valence-electron chi connectivity index (χ3n) is 3.04. The number of morpholine rings is 1. The van der Waals surface area contributed by atoms with Crippen molar-refractivity contribution < 1.29 is 9.53 Å². The Morgan fingerprint density at radius 2 is 2.20 bits per heavy atom. The van der Waals surface area contributed by atoms with Crippen molar-refractivity contribution in [3.63, 3.8) is 0 Å². The number of urea groups is 1. The summed E-state index contributed by atoms with van der Waals surface area (Å²) in [4.78, 5) is 15.9. The summed E-state index contributed by atoms with van der Waals surface area (Å²) in [7, 11) is 1.92. The number of carbonyl (C=O) groups is 1. The van der Waals surface area contributed by atoms with E-state index in [-0.39, 0.29) is 6.03 Å². The summed E-state index contributed by atoms with van der Waals surface area (Å²) in [6.07, 6.45) is 1.14. The van der Waals surface area contributed by atoms with Gasteiger partial charge in [-0.05, 0) is 12.2 Å². The average Bonchev–Trinajstić information content (AvgIpc) is 2.82. The van der Waals surface area contributed by atoms with Gasteiger partial charge in [-0.2, -0.15) is 11.8 Å². The molecular formula is C10H18N2O2S. The number of thioether (sulfide) groups is 1. The molecule has 5 heteroatoms. The van der Waals surface area contributed by atoms with Crippen LogP contribution in [0.25, 0.3) is 0 Å².